The number of aromatic nitrogens is 3. The lowest BCUT2D eigenvalue weighted by Crippen LogP contribution is -2.19. The lowest BCUT2D eigenvalue weighted by atomic mass is 10.2. The average molecular weight is 309 g/mol. The minimum absolute atomic E-state index is 0.123. The first kappa shape index (κ1) is 12.8. The van der Waals surface area contributed by atoms with Gasteiger partial charge in [0.2, 0.25) is 5.91 Å². The van der Waals surface area contributed by atoms with Gasteiger partial charge in [0.05, 0.1) is 0 Å². The van der Waals surface area contributed by atoms with Crippen molar-refractivity contribution in [3.63, 3.8) is 0 Å². The standard InChI is InChI=1S/C12H13BrN4O/c1-8-5-10(3-4-11(8)13)15-12(18)6-17-7-14-9(2)16-17/h3-5,7H,6H2,1-2H3,(H,15,18). The van der Waals surface area contributed by atoms with Gasteiger partial charge in [-0.1, -0.05) is 15.9 Å². The van der Waals surface area contributed by atoms with Crippen molar-refractivity contribution in [3.05, 3.63) is 40.4 Å². The van der Waals surface area contributed by atoms with E-state index >= 15 is 0 Å². The second kappa shape index (κ2) is 5.30. The van der Waals surface area contributed by atoms with Crippen LogP contribution in [0.3, 0.4) is 0 Å². The number of aryl methyl sites for hydroxylation is 2. The van der Waals surface area contributed by atoms with E-state index in [-0.39, 0.29) is 12.5 Å². The molecule has 1 heterocycles. The van der Waals surface area contributed by atoms with Crippen LogP contribution >= 0.6 is 15.9 Å². The summed E-state index contributed by atoms with van der Waals surface area (Å²) in [6.07, 6.45) is 1.54. The van der Waals surface area contributed by atoms with Crippen molar-refractivity contribution in [2.24, 2.45) is 0 Å². The van der Waals surface area contributed by atoms with Gasteiger partial charge in [-0.3, -0.25) is 4.79 Å². The predicted molar refractivity (Wildman–Crippen MR) is 72.3 cm³/mol. The number of halogens is 1. The Balaban J connectivity index is 2.00. The first-order valence-corrected chi connectivity index (χ1v) is 6.26. The fourth-order valence-electron chi connectivity index (χ4n) is 1.53. The number of nitrogens with one attached hydrogen (secondary N) is 1. The molecule has 0 aliphatic heterocycles. The summed E-state index contributed by atoms with van der Waals surface area (Å²) in [5.74, 6) is 0.531. The first-order valence-electron chi connectivity index (χ1n) is 5.46. The summed E-state index contributed by atoms with van der Waals surface area (Å²) in [6.45, 7) is 3.92. The van der Waals surface area contributed by atoms with Gasteiger partial charge in [0.1, 0.15) is 18.7 Å². The number of amides is 1. The number of benzene rings is 1. The third kappa shape index (κ3) is 3.16. The summed E-state index contributed by atoms with van der Waals surface area (Å²) >= 11 is 3.42. The molecule has 2 aromatic rings. The van der Waals surface area contributed by atoms with Crippen molar-refractivity contribution in [2.45, 2.75) is 20.4 Å². The predicted octanol–water partition coefficient (Wildman–Crippen LogP) is 2.30. The van der Waals surface area contributed by atoms with E-state index < -0.39 is 0 Å². The van der Waals surface area contributed by atoms with Gasteiger partial charge in [-0.05, 0) is 37.6 Å². The number of carbonyl (C=O) groups is 1. The van der Waals surface area contributed by atoms with Crippen molar-refractivity contribution in [2.75, 3.05) is 5.32 Å². The van der Waals surface area contributed by atoms with Crippen LogP contribution < -0.4 is 5.32 Å². The Kier molecular flexibility index (Phi) is 3.76. The molecule has 0 saturated carbocycles. The van der Waals surface area contributed by atoms with Crippen molar-refractivity contribution in [1.82, 2.24) is 14.8 Å². The Morgan fingerprint density at radius 1 is 1.44 bits per heavy atom. The van der Waals surface area contributed by atoms with E-state index in [1.807, 2.05) is 25.1 Å². The maximum atomic E-state index is 11.8. The monoisotopic (exact) mass is 308 g/mol. The fraction of sp³-hybridized carbons (Fsp3) is 0.250. The lowest BCUT2D eigenvalue weighted by molar-refractivity contribution is -0.116. The summed E-state index contributed by atoms with van der Waals surface area (Å²) < 4.78 is 2.53. The fourth-order valence-corrected chi connectivity index (χ4v) is 1.78. The molecule has 1 aromatic heterocycles. The Hall–Kier alpha value is -1.69. The van der Waals surface area contributed by atoms with Gasteiger partial charge >= 0.3 is 0 Å². The van der Waals surface area contributed by atoms with Crippen LogP contribution in [0.2, 0.25) is 0 Å². The molecule has 1 amide bonds. The van der Waals surface area contributed by atoms with Crippen LogP contribution in [0, 0.1) is 13.8 Å². The number of rotatable bonds is 3. The largest absolute Gasteiger partial charge is 0.324 e. The van der Waals surface area contributed by atoms with E-state index in [9.17, 15) is 4.79 Å². The zero-order valence-corrected chi connectivity index (χ0v) is 11.7. The van der Waals surface area contributed by atoms with Crippen molar-refractivity contribution < 1.29 is 4.79 Å². The first-order chi connectivity index (χ1) is 8.54. The van der Waals surface area contributed by atoms with Crippen molar-refractivity contribution in [3.8, 4) is 0 Å². The lowest BCUT2D eigenvalue weighted by Gasteiger charge is -2.06. The van der Waals surface area contributed by atoms with Gasteiger partial charge in [0.25, 0.3) is 0 Å². The van der Waals surface area contributed by atoms with E-state index in [0.717, 1.165) is 15.7 Å². The minimum atomic E-state index is -0.123. The smallest absolute Gasteiger partial charge is 0.246 e. The van der Waals surface area contributed by atoms with E-state index in [0.29, 0.717) is 5.82 Å². The van der Waals surface area contributed by atoms with Crippen LogP contribution in [-0.2, 0) is 11.3 Å². The highest BCUT2D eigenvalue weighted by Crippen LogP contribution is 2.19. The molecule has 0 unspecified atom stereocenters. The molecule has 0 atom stereocenters. The second-order valence-corrected chi connectivity index (χ2v) is 4.86. The summed E-state index contributed by atoms with van der Waals surface area (Å²) in [5, 5.41) is 6.88. The van der Waals surface area contributed by atoms with E-state index in [1.165, 1.54) is 4.68 Å². The Bertz CT molecular complexity index is 579. The Labute approximate surface area is 113 Å². The molecule has 1 N–H and O–H groups in total. The molecule has 0 aliphatic rings. The summed E-state index contributed by atoms with van der Waals surface area (Å²) in [4.78, 5) is 15.7. The number of hydrogen-bond acceptors (Lipinski definition) is 3. The highest BCUT2D eigenvalue weighted by molar-refractivity contribution is 9.10. The second-order valence-electron chi connectivity index (χ2n) is 4.00. The van der Waals surface area contributed by atoms with Gasteiger partial charge in [-0.15, -0.1) is 0 Å². The van der Waals surface area contributed by atoms with Gasteiger partial charge in [0.15, 0.2) is 0 Å². The molecule has 0 bridgehead atoms. The van der Waals surface area contributed by atoms with Gasteiger partial charge in [-0.2, -0.15) is 5.10 Å². The van der Waals surface area contributed by atoms with Crippen LogP contribution in [-0.4, -0.2) is 20.7 Å². The summed E-state index contributed by atoms with van der Waals surface area (Å²) in [7, 11) is 0. The molecule has 0 spiro atoms. The molecule has 1 aromatic carbocycles. The van der Waals surface area contributed by atoms with Crippen molar-refractivity contribution >= 4 is 27.5 Å². The Morgan fingerprint density at radius 2 is 2.22 bits per heavy atom. The molecule has 18 heavy (non-hydrogen) atoms. The van der Waals surface area contributed by atoms with Crippen LogP contribution in [0.5, 0.6) is 0 Å². The maximum absolute atomic E-state index is 11.8. The average Bonchev–Trinajstić information content (AvgIpc) is 2.69. The molecule has 0 fully saturated rings. The number of nitrogens with zero attached hydrogens (tertiary/aromatic N) is 3. The highest BCUT2D eigenvalue weighted by Gasteiger charge is 2.05. The quantitative estimate of drug-likeness (QED) is 0.946. The minimum Gasteiger partial charge on any atom is -0.324 e. The molecule has 94 valence electrons. The normalized spacial score (nSPS) is 10.4. The van der Waals surface area contributed by atoms with Crippen LogP contribution in [0.25, 0.3) is 0 Å². The van der Waals surface area contributed by atoms with Gasteiger partial charge in [0, 0.05) is 10.2 Å². The molecule has 0 saturated heterocycles. The zero-order valence-electron chi connectivity index (χ0n) is 10.1. The highest BCUT2D eigenvalue weighted by atomic mass is 79.9. The molecule has 5 nitrogen and oxygen atoms in total. The molecular weight excluding hydrogens is 296 g/mol. The third-order valence-electron chi connectivity index (χ3n) is 2.40. The van der Waals surface area contributed by atoms with Crippen LogP contribution in [0.1, 0.15) is 11.4 Å². The van der Waals surface area contributed by atoms with Crippen molar-refractivity contribution in [1.29, 1.82) is 0 Å². The van der Waals surface area contributed by atoms with E-state index in [4.69, 9.17) is 0 Å². The third-order valence-corrected chi connectivity index (χ3v) is 3.29. The number of anilines is 1. The maximum Gasteiger partial charge on any atom is 0.246 e. The Morgan fingerprint density at radius 3 is 2.83 bits per heavy atom. The topological polar surface area (TPSA) is 59.8 Å². The number of hydrogen-bond donors (Lipinski definition) is 1. The van der Waals surface area contributed by atoms with Crippen LogP contribution in [0.4, 0.5) is 5.69 Å². The van der Waals surface area contributed by atoms with Crippen LogP contribution in [0.15, 0.2) is 29.0 Å². The molecular formula is C12H13BrN4O. The van der Waals surface area contributed by atoms with E-state index in [1.54, 1.807) is 13.3 Å². The SMILES string of the molecule is Cc1ncn(CC(=O)Nc2ccc(Br)c(C)c2)n1. The molecule has 0 aliphatic carbocycles. The van der Waals surface area contributed by atoms with Gasteiger partial charge in [-0.25, -0.2) is 9.67 Å². The molecule has 6 heteroatoms. The molecule has 0 radical (unpaired) electrons. The summed E-state index contributed by atoms with van der Waals surface area (Å²) in [5.41, 5.74) is 1.85. The van der Waals surface area contributed by atoms with Gasteiger partial charge < -0.3 is 5.32 Å². The summed E-state index contributed by atoms with van der Waals surface area (Å²) in [6, 6.07) is 5.67. The zero-order chi connectivity index (χ0) is 13.1. The number of carbonyl (C=O) groups excluding carboxylic acids is 1. The molecule has 2 rings (SSSR count). The van der Waals surface area contributed by atoms with E-state index in [2.05, 4.69) is 31.3 Å².